The molecular weight excluding hydrogens is 276 g/mol. The van der Waals surface area contributed by atoms with Crippen molar-refractivity contribution in [3.8, 4) is 0 Å². The summed E-state index contributed by atoms with van der Waals surface area (Å²) < 4.78 is 0. The summed E-state index contributed by atoms with van der Waals surface area (Å²) in [5.41, 5.74) is 1.12. The van der Waals surface area contributed by atoms with E-state index in [9.17, 15) is 9.59 Å². The van der Waals surface area contributed by atoms with Crippen molar-refractivity contribution in [3.63, 3.8) is 0 Å². The fourth-order valence-corrected chi connectivity index (χ4v) is 2.35. The molecule has 0 bridgehead atoms. The van der Waals surface area contributed by atoms with Crippen LogP contribution in [-0.4, -0.2) is 34.7 Å². The maximum Gasteiger partial charge on any atom is 0.319 e. The van der Waals surface area contributed by atoms with E-state index in [1.807, 2.05) is 6.92 Å². The summed E-state index contributed by atoms with van der Waals surface area (Å²) in [5.74, 6) is 0.933. The first-order valence-electron chi connectivity index (χ1n) is 6.48. The zero-order chi connectivity index (χ0) is 15.0. The van der Waals surface area contributed by atoms with Gasteiger partial charge < -0.3 is 15.7 Å². The molecule has 1 aromatic carbocycles. The van der Waals surface area contributed by atoms with E-state index < -0.39 is 5.97 Å². The molecule has 110 valence electrons. The Bertz CT molecular complexity index is 465. The van der Waals surface area contributed by atoms with Crippen molar-refractivity contribution < 1.29 is 14.7 Å². The number of carboxylic acid groups (broad SMARTS) is 1. The van der Waals surface area contributed by atoms with Gasteiger partial charge in [0.1, 0.15) is 0 Å². The van der Waals surface area contributed by atoms with Crippen LogP contribution in [0.2, 0.25) is 0 Å². The summed E-state index contributed by atoms with van der Waals surface area (Å²) in [6.45, 7) is 4.00. The van der Waals surface area contributed by atoms with Crippen molar-refractivity contribution in [3.05, 3.63) is 29.8 Å². The number of para-hydroxylation sites is 1. The van der Waals surface area contributed by atoms with Crippen LogP contribution in [0.15, 0.2) is 24.3 Å². The van der Waals surface area contributed by atoms with Gasteiger partial charge in [-0.05, 0) is 24.3 Å². The van der Waals surface area contributed by atoms with Crippen molar-refractivity contribution in [2.45, 2.75) is 26.3 Å². The second-order valence-electron chi connectivity index (χ2n) is 4.39. The fraction of sp³-hybridized carbons (Fsp3) is 0.429. The summed E-state index contributed by atoms with van der Waals surface area (Å²) >= 11 is 1.76. The van der Waals surface area contributed by atoms with E-state index in [-0.39, 0.29) is 18.5 Å². The summed E-state index contributed by atoms with van der Waals surface area (Å²) in [5, 5.41) is 14.4. The van der Waals surface area contributed by atoms with Crippen LogP contribution < -0.4 is 10.6 Å². The Morgan fingerprint density at radius 2 is 2.05 bits per heavy atom. The number of carboxylic acids is 1. The van der Waals surface area contributed by atoms with Gasteiger partial charge in [0.15, 0.2) is 0 Å². The molecule has 0 spiro atoms. The lowest BCUT2D eigenvalue weighted by Crippen LogP contribution is -2.37. The molecule has 0 heterocycles. The van der Waals surface area contributed by atoms with Gasteiger partial charge in [-0.1, -0.05) is 25.1 Å². The third kappa shape index (κ3) is 5.97. The molecule has 0 saturated carbocycles. The van der Waals surface area contributed by atoms with Crippen LogP contribution in [0.4, 0.5) is 10.5 Å². The predicted molar refractivity (Wildman–Crippen MR) is 82.4 cm³/mol. The Hall–Kier alpha value is -1.69. The van der Waals surface area contributed by atoms with Gasteiger partial charge in [-0.25, -0.2) is 4.79 Å². The van der Waals surface area contributed by atoms with Gasteiger partial charge in [0.25, 0.3) is 0 Å². The van der Waals surface area contributed by atoms with Crippen LogP contribution in [0.25, 0.3) is 0 Å². The molecule has 6 heteroatoms. The Labute approximate surface area is 123 Å². The zero-order valence-electron chi connectivity index (χ0n) is 11.7. The number of amides is 2. The lowest BCUT2D eigenvalue weighted by Gasteiger charge is -2.15. The molecule has 20 heavy (non-hydrogen) atoms. The summed E-state index contributed by atoms with van der Waals surface area (Å²) in [6, 6.07) is 6.65. The molecule has 0 aliphatic carbocycles. The summed E-state index contributed by atoms with van der Waals surface area (Å²) in [4.78, 5) is 22.6. The molecule has 0 radical (unpaired) electrons. The van der Waals surface area contributed by atoms with Gasteiger partial charge in [-0.15, -0.1) is 0 Å². The second-order valence-corrected chi connectivity index (χ2v) is 5.71. The quantitative estimate of drug-likeness (QED) is 0.722. The third-order valence-electron chi connectivity index (χ3n) is 2.56. The summed E-state index contributed by atoms with van der Waals surface area (Å²) in [6.07, 6.45) is -0.113. The lowest BCUT2D eigenvalue weighted by atomic mass is 10.1. The maximum atomic E-state index is 11.8. The van der Waals surface area contributed by atoms with Gasteiger partial charge in [0.05, 0.1) is 6.42 Å². The zero-order valence-corrected chi connectivity index (χ0v) is 12.5. The van der Waals surface area contributed by atoms with Crippen LogP contribution in [0, 0.1) is 0 Å². The molecule has 0 aliphatic rings. The van der Waals surface area contributed by atoms with E-state index in [0.29, 0.717) is 11.3 Å². The Morgan fingerprint density at radius 3 is 2.70 bits per heavy atom. The molecule has 0 fully saturated rings. The average Bonchev–Trinajstić information content (AvgIpc) is 2.38. The molecule has 0 saturated heterocycles. The van der Waals surface area contributed by atoms with E-state index in [1.165, 1.54) is 0 Å². The van der Waals surface area contributed by atoms with E-state index in [0.717, 1.165) is 11.5 Å². The van der Waals surface area contributed by atoms with Crippen LogP contribution in [-0.2, 0) is 11.2 Å². The van der Waals surface area contributed by atoms with E-state index in [4.69, 9.17) is 5.11 Å². The number of benzene rings is 1. The molecular formula is C14H20N2O3S. The number of urea groups is 1. The highest BCUT2D eigenvalue weighted by molar-refractivity contribution is 7.99. The number of thioether (sulfide) groups is 1. The molecule has 1 aromatic rings. The van der Waals surface area contributed by atoms with E-state index >= 15 is 0 Å². The molecule has 1 atom stereocenters. The molecule has 0 aromatic heterocycles. The van der Waals surface area contributed by atoms with Crippen molar-refractivity contribution in [1.29, 1.82) is 0 Å². The summed E-state index contributed by atoms with van der Waals surface area (Å²) in [7, 11) is 0. The standard InChI is InChI=1S/C14H20N2O3S/c1-3-20-9-10(2)15-14(19)16-12-7-5-4-6-11(12)8-13(17)18/h4-7,10H,3,8-9H2,1-2H3,(H,17,18)(H2,15,16,19). The molecule has 5 nitrogen and oxygen atoms in total. The normalized spacial score (nSPS) is 11.7. The Morgan fingerprint density at radius 1 is 1.35 bits per heavy atom. The topological polar surface area (TPSA) is 78.4 Å². The molecule has 0 aliphatic heterocycles. The molecule has 3 N–H and O–H groups in total. The molecule has 2 amide bonds. The minimum atomic E-state index is -0.924. The minimum absolute atomic E-state index is 0.0617. The second kappa shape index (κ2) is 8.47. The van der Waals surface area contributed by atoms with Crippen molar-refractivity contribution >= 4 is 29.4 Å². The van der Waals surface area contributed by atoms with Crippen LogP contribution in [0.3, 0.4) is 0 Å². The lowest BCUT2D eigenvalue weighted by molar-refractivity contribution is -0.136. The van der Waals surface area contributed by atoms with Crippen molar-refractivity contribution in [1.82, 2.24) is 5.32 Å². The Kier molecular flexibility index (Phi) is 6.93. The highest BCUT2D eigenvalue weighted by Gasteiger charge is 2.11. The van der Waals surface area contributed by atoms with Gasteiger partial charge in [-0.3, -0.25) is 4.79 Å². The smallest absolute Gasteiger partial charge is 0.319 e. The van der Waals surface area contributed by atoms with E-state index in [1.54, 1.807) is 36.0 Å². The maximum absolute atomic E-state index is 11.8. The molecule has 1 unspecified atom stereocenters. The number of aliphatic carboxylic acids is 1. The van der Waals surface area contributed by atoms with Gasteiger partial charge >= 0.3 is 12.0 Å². The van der Waals surface area contributed by atoms with E-state index in [2.05, 4.69) is 17.6 Å². The minimum Gasteiger partial charge on any atom is -0.481 e. The first-order chi connectivity index (χ1) is 9.52. The average molecular weight is 296 g/mol. The predicted octanol–water partition coefficient (Wildman–Crippen LogP) is 2.58. The number of hydrogen-bond donors (Lipinski definition) is 3. The molecule has 1 rings (SSSR count). The number of rotatable bonds is 7. The van der Waals surface area contributed by atoms with Gasteiger partial charge in [0, 0.05) is 17.5 Å². The third-order valence-corrected chi connectivity index (χ3v) is 3.70. The first-order valence-corrected chi connectivity index (χ1v) is 7.63. The monoisotopic (exact) mass is 296 g/mol. The number of carbonyl (C=O) groups is 2. The number of nitrogens with one attached hydrogen (secondary N) is 2. The van der Waals surface area contributed by atoms with Gasteiger partial charge in [0.2, 0.25) is 0 Å². The SMILES string of the molecule is CCSCC(C)NC(=O)Nc1ccccc1CC(=O)O. The Balaban J connectivity index is 2.59. The van der Waals surface area contributed by atoms with Crippen molar-refractivity contribution in [2.24, 2.45) is 0 Å². The van der Waals surface area contributed by atoms with Crippen LogP contribution in [0.5, 0.6) is 0 Å². The van der Waals surface area contributed by atoms with Gasteiger partial charge in [-0.2, -0.15) is 11.8 Å². The largest absolute Gasteiger partial charge is 0.481 e. The van der Waals surface area contributed by atoms with Crippen molar-refractivity contribution in [2.75, 3.05) is 16.8 Å². The highest BCUT2D eigenvalue weighted by atomic mass is 32.2. The number of anilines is 1. The van der Waals surface area contributed by atoms with Crippen LogP contribution >= 0.6 is 11.8 Å². The fourth-order valence-electron chi connectivity index (χ4n) is 1.68. The first kappa shape index (κ1) is 16.4. The number of carbonyl (C=O) groups excluding carboxylic acids is 1. The number of hydrogen-bond acceptors (Lipinski definition) is 3. The van der Waals surface area contributed by atoms with Crippen LogP contribution in [0.1, 0.15) is 19.4 Å². The highest BCUT2D eigenvalue weighted by Crippen LogP contribution is 2.15.